The highest BCUT2D eigenvalue weighted by Gasteiger charge is 2.42. The quantitative estimate of drug-likeness (QED) is 0.480. The van der Waals surface area contributed by atoms with E-state index in [9.17, 15) is 9.90 Å². The van der Waals surface area contributed by atoms with Crippen molar-refractivity contribution in [2.45, 2.75) is 68.5 Å². The van der Waals surface area contributed by atoms with Crippen LogP contribution in [-0.2, 0) is 9.53 Å². The standard InChI is InChI=1S/C13H23IO3/c1-5-13(4,14)11(15)17-10-8-6-7-9(10)12(2,3)16/h9-10,16H,5-8H2,1-4H3. The van der Waals surface area contributed by atoms with Crippen molar-refractivity contribution in [2.75, 3.05) is 0 Å². The van der Waals surface area contributed by atoms with Gasteiger partial charge >= 0.3 is 5.97 Å². The van der Waals surface area contributed by atoms with Gasteiger partial charge in [-0.2, -0.15) is 0 Å². The Hall–Kier alpha value is 0.160. The van der Waals surface area contributed by atoms with Crippen molar-refractivity contribution in [3.8, 4) is 0 Å². The molecule has 4 heteroatoms. The first-order valence-corrected chi connectivity index (χ1v) is 7.38. The van der Waals surface area contributed by atoms with Crippen molar-refractivity contribution >= 4 is 28.6 Å². The van der Waals surface area contributed by atoms with Gasteiger partial charge < -0.3 is 9.84 Å². The molecule has 0 spiro atoms. The maximum absolute atomic E-state index is 12.0. The normalized spacial score (nSPS) is 28.8. The Balaban J connectivity index is 2.66. The van der Waals surface area contributed by atoms with Gasteiger partial charge in [0.1, 0.15) is 9.53 Å². The molecular formula is C13H23IO3. The third-order valence-electron chi connectivity index (χ3n) is 3.71. The first-order valence-electron chi connectivity index (χ1n) is 6.31. The Morgan fingerprint density at radius 1 is 1.41 bits per heavy atom. The van der Waals surface area contributed by atoms with E-state index in [1.807, 2.05) is 13.8 Å². The summed E-state index contributed by atoms with van der Waals surface area (Å²) >= 11 is 2.14. The molecule has 17 heavy (non-hydrogen) atoms. The first-order chi connectivity index (χ1) is 7.68. The van der Waals surface area contributed by atoms with Gasteiger partial charge in [-0.15, -0.1) is 0 Å². The fourth-order valence-corrected chi connectivity index (χ4v) is 2.41. The smallest absolute Gasteiger partial charge is 0.322 e. The van der Waals surface area contributed by atoms with Crippen molar-refractivity contribution in [1.82, 2.24) is 0 Å². The minimum atomic E-state index is -0.769. The van der Waals surface area contributed by atoms with E-state index in [2.05, 4.69) is 22.6 Å². The van der Waals surface area contributed by atoms with Gasteiger partial charge in [-0.1, -0.05) is 29.5 Å². The SMILES string of the molecule is CCC(C)(I)C(=O)OC1CCCC1C(C)(C)O. The average molecular weight is 354 g/mol. The Bertz CT molecular complexity index is 281. The summed E-state index contributed by atoms with van der Waals surface area (Å²) < 4.78 is 5.15. The van der Waals surface area contributed by atoms with Gasteiger partial charge in [0.2, 0.25) is 0 Å². The number of hydrogen-bond donors (Lipinski definition) is 1. The lowest BCUT2D eigenvalue weighted by Crippen LogP contribution is -2.41. The molecule has 0 heterocycles. The summed E-state index contributed by atoms with van der Waals surface area (Å²) in [6, 6.07) is 0. The van der Waals surface area contributed by atoms with Crippen LogP contribution in [0.1, 0.15) is 53.4 Å². The molecule has 3 atom stereocenters. The monoisotopic (exact) mass is 354 g/mol. The van der Waals surface area contributed by atoms with Crippen molar-refractivity contribution in [3.05, 3.63) is 0 Å². The zero-order chi connectivity index (χ0) is 13.3. The van der Waals surface area contributed by atoms with Crippen molar-refractivity contribution < 1.29 is 14.6 Å². The molecular weight excluding hydrogens is 331 g/mol. The molecule has 3 nitrogen and oxygen atoms in total. The topological polar surface area (TPSA) is 46.5 Å². The van der Waals surface area contributed by atoms with Gasteiger partial charge in [-0.3, -0.25) is 4.79 Å². The number of alkyl halides is 1. The summed E-state index contributed by atoms with van der Waals surface area (Å²) in [6.45, 7) is 7.47. The third kappa shape index (κ3) is 3.81. The fourth-order valence-electron chi connectivity index (χ4n) is 2.28. The minimum absolute atomic E-state index is 0.0653. The molecule has 100 valence electrons. The first kappa shape index (κ1) is 15.2. The number of aliphatic hydroxyl groups is 1. The molecule has 0 bridgehead atoms. The molecule has 1 rings (SSSR count). The molecule has 0 amide bonds. The van der Waals surface area contributed by atoms with E-state index in [-0.39, 0.29) is 18.0 Å². The van der Waals surface area contributed by atoms with E-state index >= 15 is 0 Å². The van der Waals surface area contributed by atoms with E-state index in [0.29, 0.717) is 0 Å². The lowest BCUT2D eigenvalue weighted by molar-refractivity contribution is -0.157. The molecule has 3 unspecified atom stereocenters. The van der Waals surface area contributed by atoms with E-state index in [4.69, 9.17) is 4.74 Å². The summed E-state index contributed by atoms with van der Waals surface area (Å²) in [6.07, 6.45) is 3.47. The highest BCUT2D eigenvalue weighted by Crippen LogP contribution is 2.37. The van der Waals surface area contributed by atoms with Crippen LogP contribution in [0.2, 0.25) is 0 Å². The summed E-state index contributed by atoms with van der Waals surface area (Å²) in [5, 5.41) is 10.1. The molecule has 0 aliphatic heterocycles. The second kappa shape index (κ2) is 5.43. The summed E-state index contributed by atoms with van der Waals surface area (Å²) in [7, 11) is 0. The van der Waals surface area contributed by atoms with Crippen LogP contribution in [-0.4, -0.2) is 26.2 Å². The van der Waals surface area contributed by atoms with Crippen LogP contribution >= 0.6 is 22.6 Å². The molecule has 1 N–H and O–H groups in total. The van der Waals surface area contributed by atoms with Crippen LogP contribution < -0.4 is 0 Å². The summed E-state index contributed by atoms with van der Waals surface area (Å²) in [5.74, 6) is -0.0859. The molecule has 1 aliphatic rings. The Morgan fingerprint density at radius 2 is 2.00 bits per heavy atom. The van der Waals surface area contributed by atoms with Gasteiger partial charge in [-0.25, -0.2) is 0 Å². The number of carbonyl (C=O) groups is 1. The number of rotatable bonds is 4. The summed E-state index contributed by atoms with van der Waals surface area (Å²) in [4.78, 5) is 12.0. The Morgan fingerprint density at radius 3 is 2.47 bits per heavy atom. The molecule has 0 aromatic heterocycles. The molecule has 0 aromatic carbocycles. The fraction of sp³-hybridized carbons (Fsp3) is 0.923. The van der Waals surface area contributed by atoms with E-state index < -0.39 is 9.02 Å². The zero-order valence-electron chi connectivity index (χ0n) is 11.1. The van der Waals surface area contributed by atoms with Gasteiger partial charge in [0.05, 0.1) is 5.60 Å². The van der Waals surface area contributed by atoms with Crippen molar-refractivity contribution in [2.24, 2.45) is 5.92 Å². The van der Waals surface area contributed by atoms with Gasteiger partial charge in [-0.05, 0) is 46.5 Å². The zero-order valence-corrected chi connectivity index (χ0v) is 13.3. The van der Waals surface area contributed by atoms with Crippen molar-refractivity contribution in [1.29, 1.82) is 0 Å². The van der Waals surface area contributed by atoms with Crippen LogP contribution in [0.15, 0.2) is 0 Å². The molecule has 1 saturated carbocycles. The number of carbonyl (C=O) groups excluding carboxylic acids is 1. The van der Waals surface area contributed by atoms with Crippen LogP contribution in [0.25, 0.3) is 0 Å². The summed E-state index contributed by atoms with van der Waals surface area (Å²) in [5.41, 5.74) is -0.769. The Labute approximate surface area is 117 Å². The maximum Gasteiger partial charge on any atom is 0.322 e. The molecule has 0 saturated heterocycles. The lowest BCUT2D eigenvalue weighted by Gasteiger charge is -2.32. The number of ether oxygens (including phenoxy) is 1. The third-order valence-corrected chi connectivity index (χ3v) is 4.91. The highest BCUT2D eigenvalue weighted by atomic mass is 127. The van der Waals surface area contributed by atoms with Crippen LogP contribution in [0.4, 0.5) is 0 Å². The number of hydrogen-bond acceptors (Lipinski definition) is 3. The predicted molar refractivity (Wildman–Crippen MR) is 76.2 cm³/mol. The second-order valence-corrected chi connectivity index (χ2v) is 8.07. The van der Waals surface area contributed by atoms with E-state index in [1.54, 1.807) is 13.8 Å². The second-order valence-electron chi connectivity index (χ2n) is 5.69. The van der Waals surface area contributed by atoms with Crippen LogP contribution in [0.3, 0.4) is 0 Å². The van der Waals surface area contributed by atoms with Crippen LogP contribution in [0, 0.1) is 5.92 Å². The van der Waals surface area contributed by atoms with E-state index in [1.165, 1.54) is 0 Å². The van der Waals surface area contributed by atoms with Gasteiger partial charge in [0.15, 0.2) is 0 Å². The Kier molecular flexibility index (Phi) is 4.86. The minimum Gasteiger partial charge on any atom is -0.461 e. The molecule has 1 aliphatic carbocycles. The predicted octanol–water partition coefficient (Wildman–Crippen LogP) is 3.07. The highest BCUT2D eigenvalue weighted by molar-refractivity contribution is 14.1. The average Bonchev–Trinajstić information content (AvgIpc) is 2.65. The van der Waals surface area contributed by atoms with Gasteiger partial charge in [0.25, 0.3) is 0 Å². The molecule has 0 aromatic rings. The maximum atomic E-state index is 12.0. The van der Waals surface area contributed by atoms with Crippen LogP contribution in [0.5, 0.6) is 0 Å². The van der Waals surface area contributed by atoms with E-state index in [0.717, 1.165) is 25.7 Å². The van der Waals surface area contributed by atoms with Crippen molar-refractivity contribution in [3.63, 3.8) is 0 Å². The lowest BCUT2D eigenvalue weighted by atomic mass is 9.88. The molecule has 0 radical (unpaired) electrons. The number of esters is 1. The largest absolute Gasteiger partial charge is 0.461 e. The molecule has 1 fully saturated rings. The number of halogens is 1. The van der Waals surface area contributed by atoms with Gasteiger partial charge in [0, 0.05) is 5.92 Å².